The van der Waals surface area contributed by atoms with E-state index in [1.165, 1.54) is 19.4 Å². The van der Waals surface area contributed by atoms with Gasteiger partial charge in [0, 0.05) is 19.6 Å². The molecule has 0 amide bonds. The molecule has 1 heterocycles. The van der Waals surface area contributed by atoms with Crippen LogP contribution in [0.25, 0.3) is 0 Å². The number of likely N-dealkylation sites (tertiary alicyclic amines) is 1. The van der Waals surface area contributed by atoms with Crippen molar-refractivity contribution < 1.29 is 0 Å². The molecule has 0 aromatic heterocycles. The Hall–Kier alpha value is -1.53. The van der Waals surface area contributed by atoms with Crippen LogP contribution < -0.4 is 4.90 Å². The van der Waals surface area contributed by atoms with Gasteiger partial charge < -0.3 is 9.80 Å². The lowest BCUT2D eigenvalue weighted by atomic mass is 10.0. The van der Waals surface area contributed by atoms with Crippen LogP contribution in [0.5, 0.6) is 0 Å². The molecule has 1 fully saturated rings. The maximum absolute atomic E-state index is 9.13. The zero-order valence-corrected chi connectivity index (χ0v) is 10.6. The van der Waals surface area contributed by atoms with Gasteiger partial charge in [-0.25, -0.2) is 0 Å². The van der Waals surface area contributed by atoms with Crippen molar-refractivity contribution in [2.75, 3.05) is 32.1 Å². The molecule has 0 radical (unpaired) electrons. The summed E-state index contributed by atoms with van der Waals surface area (Å²) in [5.41, 5.74) is 1.82. The van der Waals surface area contributed by atoms with Crippen LogP contribution in [-0.4, -0.2) is 38.1 Å². The van der Waals surface area contributed by atoms with E-state index in [0.29, 0.717) is 6.04 Å². The standard InChI is InChI=1S/C14H19N3/c1-16-9-5-7-13(11-16)17(2)14-8-4-3-6-12(14)10-15/h3-4,6,8,13H,5,7,9,11H2,1-2H3. The Labute approximate surface area is 103 Å². The maximum Gasteiger partial charge on any atom is 0.101 e. The van der Waals surface area contributed by atoms with Gasteiger partial charge in [-0.2, -0.15) is 5.26 Å². The summed E-state index contributed by atoms with van der Waals surface area (Å²) < 4.78 is 0. The van der Waals surface area contributed by atoms with Gasteiger partial charge in [0.2, 0.25) is 0 Å². The molecule has 90 valence electrons. The topological polar surface area (TPSA) is 30.3 Å². The monoisotopic (exact) mass is 229 g/mol. The highest BCUT2D eigenvalue weighted by Gasteiger charge is 2.22. The minimum atomic E-state index is 0.517. The molecule has 3 heteroatoms. The van der Waals surface area contributed by atoms with Crippen molar-refractivity contribution in [2.45, 2.75) is 18.9 Å². The summed E-state index contributed by atoms with van der Waals surface area (Å²) in [7, 11) is 4.26. The summed E-state index contributed by atoms with van der Waals surface area (Å²) in [4.78, 5) is 4.62. The molecular weight excluding hydrogens is 210 g/mol. The number of nitriles is 1. The van der Waals surface area contributed by atoms with E-state index in [9.17, 15) is 0 Å². The highest BCUT2D eigenvalue weighted by atomic mass is 15.2. The fraction of sp³-hybridized carbons (Fsp3) is 0.500. The first kappa shape index (κ1) is 11.9. The van der Waals surface area contributed by atoms with Gasteiger partial charge in [0.15, 0.2) is 0 Å². The average molecular weight is 229 g/mol. The molecule has 1 aromatic carbocycles. The van der Waals surface area contributed by atoms with Crippen molar-refractivity contribution in [3.05, 3.63) is 29.8 Å². The molecule has 1 atom stereocenters. The summed E-state index contributed by atoms with van der Waals surface area (Å²) in [5.74, 6) is 0. The van der Waals surface area contributed by atoms with E-state index in [0.717, 1.165) is 17.8 Å². The average Bonchev–Trinajstić information content (AvgIpc) is 2.38. The summed E-state index contributed by atoms with van der Waals surface area (Å²) in [6, 6.07) is 10.6. The number of piperidine rings is 1. The molecule has 0 spiro atoms. The Morgan fingerprint density at radius 3 is 2.88 bits per heavy atom. The zero-order chi connectivity index (χ0) is 12.3. The molecule has 1 aromatic rings. The minimum Gasteiger partial charge on any atom is -0.369 e. The van der Waals surface area contributed by atoms with Gasteiger partial charge in [-0.05, 0) is 38.6 Å². The van der Waals surface area contributed by atoms with Crippen molar-refractivity contribution in [3.63, 3.8) is 0 Å². The molecule has 0 aliphatic carbocycles. The summed E-state index contributed by atoms with van der Waals surface area (Å²) in [6.45, 7) is 2.26. The van der Waals surface area contributed by atoms with Gasteiger partial charge in [-0.3, -0.25) is 0 Å². The number of likely N-dealkylation sites (N-methyl/N-ethyl adjacent to an activating group) is 2. The predicted molar refractivity (Wildman–Crippen MR) is 70.1 cm³/mol. The quantitative estimate of drug-likeness (QED) is 0.778. The van der Waals surface area contributed by atoms with Gasteiger partial charge in [-0.15, -0.1) is 0 Å². The summed E-state index contributed by atoms with van der Waals surface area (Å²) >= 11 is 0. The molecule has 17 heavy (non-hydrogen) atoms. The fourth-order valence-corrected chi connectivity index (χ4v) is 2.53. The Bertz CT molecular complexity index is 422. The Balaban J connectivity index is 2.19. The third kappa shape index (κ3) is 2.59. The van der Waals surface area contributed by atoms with Crippen LogP contribution in [0.2, 0.25) is 0 Å². The molecule has 2 rings (SSSR count). The van der Waals surface area contributed by atoms with E-state index in [1.807, 2.05) is 24.3 Å². The lowest BCUT2D eigenvalue weighted by Crippen LogP contribution is -2.45. The second kappa shape index (κ2) is 5.20. The van der Waals surface area contributed by atoms with E-state index in [2.05, 4.69) is 30.0 Å². The molecule has 1 saturated heterocycles. The second-order valence-corrected chi connectivity index (χ2v) is 4.80. The third-order valence-electron chi connectivity index (χ3n) is 3.55. The first-order valence-electron chi connectivity index (χ1n) is 6.13. The van der Waals surface area contributed by atoms with Crippen LogP contribution in [0.1, 0.15) is 18.4 Å². The summed E-state index contributed by atoms with van der Waals surface area (Å²) in [5, 5.41) is 9.13. The molecule has 3 nitrogen and oxygen atoms in total. The number of rotatable bonds is 2. The molecule has 1 aliphatic heterocycles. The lowest BCUT2D eigenvalue weighted by molar-refractivity contribution is 0.248. The van der Waals surface area contributed by atoms with Gasteiger partial charge in [0.05, 0.1) is 11.3 Å². The van der Waals surface area contributed by atoms with E-state index >= 15 is 0 Å². The van der Waals surface area contributed by atoms with E-state index in [1.54, 1.807) is 0 Å². The first-order chi connectivity index (χ1) is 8.22. The predicted octanol–water partition coefficient (Wildman–Crippen LogP) is 2.09. The number of benzene rings is 1. The van der Waals surface area contributed by atoms with E-state index < -0.39 is 0 Å². The molecule has 0 bridgehead atoms. The number of para-hydroxylation sites is 1. The van der Waals surface area contributed by atoms with Crippen molar-refractivity contribution in [1.82, 2.24) is 4.90 Å². The number of hydrogen-bond donors (Lipinski definition) is 0. The highest BCUT2D eigenvalue weighted by molar-refractivity contribution is 5.59. The fourth-order valence-electron chi connectivity index (χ4n) is 2.53. The number of hydrogen-bond acceptors (Lipinski definition) is 3. The summed E-state index contributed by atoms with van der Waals surface area (Å²) in [6.07, 6.45) is 2.45. The van der Waals surface area contributed by atoms with Crippen molar-refractivity contribution >= 4 is 5.69 Å². The van der Waals surface area contributed by atoms with Crippen molar-refractivity contribution in [2.24, 2.45) is 0 Å². The number of anilines is 1. The first-order valence-corrected chi connectivity index (χ1v) is 6.13. The van der Waals surface area contributed by atoms with Gasteiger partial charge in [0.1, 0.15) is 6.07 Å². The van der Waals surface area contributed by atoms with Crippen LogP contribution in [-0.2, 0) is 0 Å². The van der Waals surface area contributed by atoms with Crippen LogP contribution in [0.4, 0.5) is 5.69 Å². The van der Waals surface area contributed by atoms with Gasteiger partial charge >= 0.3 is 0 Å². The van der Waals surface area contributed by atoms with E-state index in [4.69, 9.17) is 5.26 Å². The molecule has 1 aliphatic rings. The Morgan fingerprint density at radius 2 is 2.18 bits per heavy atom. The third-order valence-corrected chi connectivity index (χ3v) is 3.55. The minimum absolute atomic E-state index is 0.517. The highest BCUT2D eigenvalue weighted by Crippen LogP contribution is 2.24. The van der Waals surface area contributed by atoms with Gasteiger partial charge in [-0.1, -0.05) is 12.1 Å². The normalized spacial score (nSPS) is 20.9. The van der Waals surface area contributed by atoms with Crippen LogP contribution in [0.15, 0.2) is 24.3 Å². The van der Waals surface area contributed by atoms with Crippen LogP contribution in [0, 0.1) is 11.3 Å². The molecular formula is C14H19N3. The lowest BCUT2D eigenvalue weighted by Gasteiger charge is -2.37. The Kier molecular flexibility index (Phi) is 3.65. The molecule has 0 saturated carbocycles. The Morgan fingerprint density at radius 1 is 1.41 bits per heavy atom. The zero-order valence-electron chi connectivity index (χ0n) is 10.6. The largest absolute Gasteiger partial charge is 0.369 e. The van der Waals surface area contributed by atoms with Crippen molar-refractivity contribution in [1.29, 1.82) is 5.26 Å². The van der Waals surface area contributed by atoms with Crippen LogP contribution >= 0.6 is 0 Å². The van der Waals surface area contributed by atoms with Gasteiger partial charge in [0.25, 0.3) is 0 Å². The number of nitrogens with zero attached hydrogens (tertiary/aromatic N) is 3. The second-order valence-electron chi connectivity index (χ2n) is 4.80. The SMILES string of the molecule is CN1CCCC(N(C)c2ccccc2C#N)C1. The maximum atomic E-state index is 9.13. The molecule has 0 N–H and O–H groups in total. The van der Waals surface area contributed by atoms with Crippen molar-refractivity contribution in [3.8, 4) is 6.07 Å². The van der Waals surface area contributed by atoms with Crippen LogP contribution in [0.3, 0.4) is 0 Å². The van der Waals surface area contributed by atoms with E-state index in [-0.39, 0.29) is 0 Å². The smallest absolute Gasteiger partial charge is 0.101 e. The molecule has 1 unspecified atom stereocenters.